The maximum atomic E-state index is 13.0. The van der Waals surface area contributed by atoms with Crippen molar-refractivity contribution < 1.29 is 14.3 Å². The Labute approximate surface area is 206 Å². The molecule has 0 saturated heterocycles. The van der Waals surface area contributed by atoms with E-state index in [1.54, 1.807) is 29.2 Å². The topological polar surface area (TPSA) is 61.9 Å². The summed E-state index contributed by atoms with van der Waals surface area (Å²) in [5, 5.41) is 3.31. The Morgan fingerprint density at radius 1 is 1.00 bits per heavy atom. The van der Waals surface area contributed by atoms with Crippen LogP contribution in [0.3, 0.4) is 0 Å². The zero-order valence-corrected chi connectivity index (χ0v) is 20.7. The molecular weight excluding hydrogens is 450 g/mol. The number of amides is 2. The molecule has 0 saturated carbocycles. The molecule has 0 aliphatic rings. The molecule has 178 valence electrons. The quantitative estimate of drug-likeness (QED) is 0.446. The average Bonchev–Trinajstić information content (AvgIpc) is 2.83. The number of nitrogens with one attached hydrogen (secondary N) is 1. The smallest absolute Gasteiger partial charge is 0.257 e. The van der Waals surface area contributed by atoms with E-state index in [0.717, 1.165) is 16.8 Å². The van der Waals surface area contributed by atoms with Crippen LogP contribution in [-0.4, -0.2) is 44.5 Å². The molecule has 34 heavy (non-hydrogen) atoms. The van der Waals surface area contributed by atoms with Crippen molar-refractivity contribution in [1.29, 1.82) is 0 Å². The van der Waals surface area contributed by atoms with Gasteiger partial charge in [-0.2, -0.15) is 0 Å². The van der Waals surface area contributed by atoms with E-state index in [1.165, 1.54) is 7.11 Å². The summed E-state index contributed by atoms with van der Waals surface area (Å²) in [7, 11) is 5.41. The van der Waals surface area contributed by atoms with Crippen LogP contribution in [0.1, 0.15) is 34.5 Å². The molecule has 7 heteroatoms. The predicted molar refractivity (Wildman–Crippen MR) is 137 cm³/mol. The third-order valence-corrected chi connectivity index (χ3v) is 5.95. The van der Waals surface area contributed by atoms with Crippen LogP contribution in [-0.2, 0) is 16.1 Å². The van der Waals surface area contributed by atoms with Crippen LogP contribution in [0.5, 0.6) is 0 Å². The molecule has 1 N–H and O–H groups in total. The van der Waals surface area contributed by atoms with E-state index in [0.29, 0.717) is 22.8 Å². The van der Waals surface area contributed by atoms with Crippen molar-refractivity contribution >= 4 is 34.8 Å². The first-order valence-corrected chi connectivity index (χ1v) is 11.4. The van der Waals surface area contributed by atoms with Crippen LogP contribution in [0.4, 0.5) is 11.4 Å². The van der Waals surface area contributed by atoms with Crippen molar-refractivity contribution in [3.05, 3.63) is 94.5 Å². The Bertz CT molecular complexity index is 1130. The van der Waals surface area contributed by atoms with Gasteiger partial charge in [-0.1, -0.05) is 54.1 Å². The summed E-state index contributed by atoms with van der Waals surface area (Å²) in [6.45, 7) is 2.33. The second-order valence-electron chi connectivity index (χ2n) is 8.21. The van der Waals surface area contributed by atoms with Gasteiger partial charge in [0.05, 0.1) is 16.6 Å². The summed E-state index contributed by atoms with van der Waals surface area (Å²) < 4.78 is 5.15. The van der Waals surface area contributed by atoms with Gasteiger partial charge >= 0.3 is 0 Å². The van der Waals surface area contributed by atoms with Gasteiger partial charge in [-0.25, -0.2) is 0 Å². The molecule has 0 spiro atoms. The average molecular weight is 480 g/mol. The lowest BCUT2D eigenvalue weighted by molar-refractivity contribution is -0.138. The van der Waals surface area contributed by atoms with Gasteiger partial charge in [0.25, 0.3) is 5.91 Å². The van der Waals surface area contributed by atoms with E-state index in [1.807, 2.05) is 74.4 Å². The minimum absolute atomic E-state index is 0.0165. The Kier molecular flexibility index (Phi) is 8.68. The Balaban J connectivity index is 1.93. The molecule has 3 aromatic carbocycles. The first-order chi connectivity index (χ1) is 16.3. The largest absolute Gasteiger partial charge is 0.377 e. The van der Waals surface area contributed by atoms with Crippen LogP contribution >= 0.6 is 11.6 Å². The summed E-state index contributed by atoms with van der Waals surface area (Å²) in [5.74, 6) is -0.409. The number of halogens is 1. The number of carbonyl (C=O) groups is 2. The zero-order chi connectivity index (χ0) is 24.7. The Morgan fingerprint density at radius 2 is 1.68 bits per heavy atom. The van der Waals surface area contributed by atoms with Gasteiger partial charge in [0.2, 0.25) is 5.91 Å². The predicted octanol–water partition coefficient (Wildman–Crippen LogP) is 5.39. The molecular formula is C27H30ClN3O3. The molecule has 3 aromatic rings. The van der Waals surface area contributed by atoms with E-state index in [-0.39, 0.29) is 24.5 Å². The van der Waals surface area contributed by atoms with E-state index >= 15 is 0 Å². The highest BCUT2D eigenvalue weighted by Gasteiger charge is 2.23. The third kappa shape index (κ3) is 6.16. The number of methoxy groups -OCH3 is 1. The highest BCUT2D eigenvalue weighted by molar-refractivity contribution is 6.34. The molecule has 0 aliphatic carbocycles. The van der Waals surface area contributed by atoms with Gasteiger partial charge in [0.1, 0.15) is 6.61 Å². The number of hydrogen-bond donors (Lipinski definition) is 1. The number of carbonyl (C=O) groups excluding carboxylic acids is 2. The standard InChI is InChI=1S/C27H30ClN3O3/c1-19(20-10-6-5-7-11-20)31(26(32)18-34-4)17-21-16-22(14-15-25(21)30(2)3)29-27(33)23-12-8-9-13-24(23)28/h5-16,19H,17-18H2,1-4H3,(H,29,33)/t19-/m1/s1. The SMILES string of the molecule is COCC(=O)N(Cc1cc(NC(=O)c2ccccc2Cl)ccc1N(C)C)[C@H](C)c1ccccc1. The first-order valence-electron chi connectivity index (χ1n) is 11.0. The van der Waals surface area contributed by atoms with Crippen LogP contribution in [0.15, 0.2) is 72.8 Å². The fraction of sp³-hybridized carbons (Fsp3) is 0.259. The second kappa shape index (κ2) is 11.7. The minimum Gasteiger partial charge on any atom is -0.377 e. The zero-order valence-electron chi connectivity index (χ0n) is 19.9. The van der Waals surface area contributed by atoms with Gasteiger partial charge in [-0.3, -0.25) is 9.59 Å². The fourth-order valence-electron chi connectivity index (χ4n) is 3.81. The van der Waals surface area contributed by atoms with Gasteiger partial charge in [0.15, 0.2) is 0 Å². The maximum Gasteiger partial charge on any atom is 0.257 e. The number of rotatable bonds is 9. The molecule has 0 unspecified atom stereocenters. The molecule has 0 aromatic heterocycles. The van der Waals surface area contributed by atoms with Crippen molar-refractivity contribution in [2.24, 2.45) is 0 Å². The Hall–Kier alpha value is -3.35. The minimum atomic E-state index is -0.292. The van der Waals surface area contributed by atoms with Crippen molar-refractivity contribution in [2.45, 2.75) is 19.5 Å². The van der Waals surface area contributed by atoms with Crippen LogP contribution in [0, 0.1) is 0 Å². The maximum absolute atomic E-state index is 13.0. The van der Waals surface area contributed by atoms with Crippen molar-refractivity contribution in [1.82, 2.24) is 4.90 Å². The number of ether oxygens (including phenoxy) is 1. The third-order valence-electron chi connectivity index (χ3n) is 5.62. The summed E-state index contributed by atoms with van der Waals surface area (Å²) in [4.78, 5) is 29.6. The molecule has 0 fully saturated rings. The summed E-state index contributed by atoms with van der Waals surface area (Å²) in [6.07, 6.45) is 0. The normalized spacial score (nSPS) is 11.6. The first kappa shape index (κ1) is 25.3. The highest BCUT2D eigenvalue weighted by atomic mass is 35.5. The monoisotopic (exact) mass is 479 g/mol. The number of nitrogens with zero attached hydrogens (tertiary/aromatic N) is 2. The number of anilines is 2. The lowest BCUT2D eigenvalue weighted by Crippen LogP contribution is -2.36. The highest BCUT2D eigenvalue weighted by Crippen LogP contribution is 2.29. The molecule has 1 atom stereocenters. The fourth-order valence-corrected chi connectivity index (χ4v) is 4.03. The summed E-state index contributed by atoms with van der Waals surface area (Å²) in [6, 6.07) is 22.3. The number of benzene rings is 3. The number of hydrogen-bond acceptors (Lipinski definition) is 4. The van der Waals surface area contributed by atoms with Crippen molar-refractivity contribution in [3.63, 3.8) is 0 Å². The van der Waals surface area contributed by atoms with E-state index in [9.17, 15) is 9.59 Å². The summed E-state index contributed by atoms with van der Waals surface area (Å²) in [5.41, 5.74) is 3.90. The van der Waals surface area contributed by atoms with Crippen LogP contribution < -0.4 is 10.2 Å². The van der Waals surface area contributed by atoms with Gasteiger partial charge in [-0.15, -0.1) is 0 Å². The van der Waals surface area contributed by atoms with E-state index in [4.69, 9.17) is 16.3 Å². The van der Waals surface area contributed by atoms with E-state index in [2.05, 4.69) is 5.32 Å². The summed E-state index contributed by atoms with van der Waals surface area (Å²) >= 11 is 6.19. The van der Waals surface area contributed by atoms with E-state index < -0.39 is 0 Å². The van der Waals surface area contributed by atoms with Crippen LogP contribution in [0.25, 0.3) is 0 Å². The molecule has 3 rings (SSSR count). The Morgan fingerprint density at radius 3 is 2.32 bits per heavy atom. The lowest BCUT2D eigenvalue weighted by Gasteiger charge is -2.31. The van der Waals surface area contributed by atoms with Crippen molar-refractivity contribution in [3.8, 4) is 0 Å². The van der Waals surface area contributed by atoms with Gasteiger partial charge in [0, 0.05) is 39.1 Å². The molecule has 2 amide bonds. The molecule has 0 bridgehead atoms. The lowest BCUT2D eigenvalue weighted by atomic mass is 10.0. The molecule has 6 nitrogen and oxygen atoms in total. The molecule has 0 aliphatic heterocycles. The molecule has 0 radical (unpaired) electrons. The molecule has 0 heterocycles. The second-order valence-corrected chi connectivity index (χ2v) is 8.62. The van der Waals surface area contributed by atoms with Crippen molar-refractivity contribution in [2.75, 3.05) is 38.0 Å². The van der Waals surface area contributed by atoms with Gasteiger partial charge < -0.3 is 19.9 Å². The van der Waals surface area contributed by atoms with Crippen LogP contribution in [0.2, 0.25) is 5.02 Å². The van der Waals surface area contributed by atoms with Gasteiger partial charge in [-0.05, 0) is 48.4 Å².